The Kier molecular flexibility index (Phi) is 10.1. The van der Waals surface area contributed by atoms with Gasteiger partial charge in [-0.3, -0.25) is 14.4 Å². The zero-order valence-electron chi connectivity index (χ0n) is 12.7. The number of esters is 2. The van der Waals surface area contributed by atoms with Gasteiger partial charge in [0.1, 0.15) is 6.04 Å². The smallest absolute Gasteiger partial charge is 0.326 e. The first kappa shape index (κ1) is 19.6. The molecule has 0 fully saturated rings. The van der Waals surface area contributed by atoms with Crippen LogP contribution in [0.1, 0.15) is 32.6 Å². The highest BCUT2D eigenvalue weighted by Gasteiger charge is 2.19. The molecule has 22 heavy (non-hydrogen) atoms. The molecule has 124 valence electrons. The average Bonchev–Trinajstić information content (AvgIpc) is 2.47. The van der Waals surface area contributed by atoms with E-state index in [4.69, 9.17) is 5.11 Å². The third-order valence-electron chi connectivity index (χ3n) is 2.55. The standard InChI is InChI=1S/C14H21NO7/c1-3-22-13(18)9-8-11(16)15-10(14(19)20)6-4-5-7-12(17)21-2/h4-5,10H,3,6-9H2,1-2H3,(H,15,16)(H,19,20). The molecule has 0 aliphatic rings. The Morgan fingerprint density at radius 2 is 1.82 bits per heavy atom. The summed E-state index contributed by atoms with van der Waals surface area (Å²) >= 11 is 0. The first-order valence-corrected chi connectivity index (χ1v) is 6.80. The summed E-state index contributed by atoms with van der Waals surface area (Å²) in [5.41, 5.74) is 0. The summed E-state index contributed by atoms with van der Waals surface area (Å²) in [6, 6.07) is -1.12. The van der Waals surface area contributed by atoms with Gasteiger partial charge in [-0.25, -0.2) is 4.79 Å². The monoisotopic (exact) mass is 315 g/mol. The van der Waals surface area contributed by atoms with Crippen LogP contribution in [0.4, 0.5) is 0 Å². The minimum atomic E-state index is -1.20. The van der Waals surface area contributed by atoms with Crippen molar-refractivity contribution >= 4 is 23.8 Å². The van der Waals surface area contributed by atoms with E-state index >= 15 is 0 Å². The van der Waals surface area contributed by atoms with E-state index in [1.165, 1.54) is 19.3 Å². The highest BCUT2D eigenvalue weighted by atomic mass is 16.5. The molecule has 0 spiro atoms. The van der Waals surface area contributed by atoms with E-state index in [0.717, 1.165) is 0 Å². The number of carboxylic acids is 1. The van der Waals surface area contributed by atoms with Gasteiger partial charge in [-0.2, -0.15) is 0 Å². The van der Waals surface area contributed by atoms with Crippen LogP contribution in [-0.2, 0) is 28.7 Å². The predicted octanol–water partition coefficient (Wildman–Crippen LogP) is 0.409. The Morgan fingerprint density at radius 1 is 1.14 bits per heavy atom. The summed E-state index contributed by atoms with van der Waals surface area (Å²) in [5.74, 6) is -2.71. The molecule has 2 N–H and O–H groups in total. The van der Waals surface area contributed by atoms with Crippen molar-refractivity contribution in [3.8, 4) is 0 Å². The number of amides is 1. The largest absolute Gasteiger partial charge is 0.480 e. The zero-order valence-corrected chi connectivity index (χ0v) is 12.7. The molecule has 0 radical (unpaired) electrons. The van der Waals surface area contributed by atoms with Gasteiger partial charge in [-0.15, -0.1) is 0 Å². The van der Waals surface area contributed by atoms with Gasteiger partial charge < -0.3 is 19.9 Å². The van der Waals surface area contributed by atoms with Gasteiger partial charge in [-0.1, -0.05) is 12.2 Å². The summed E-state index contributed by atoms with van der Waals surface area (Å²) in [7, 11) is 1.25. The van der Waals surface area contributed by atoms with Crippen LogP contribution in [0.3, 0.4) is 0 Å². The quantitative estimate of drug-likeness (QED) is 0.442. The van der Waals surface area contributed by atoms with Crippen LogP contribution in [0.2, 0.25) is 0 Å². The first-order valence-electron chi connectivity index (χ1n) is 6.80. The summed E-state index contributed by atoms with van der Waals surface area (Å²) < 4.78 is 9.09. The topological polar surface area (TPSA) is 119 Å². The van der Waals surface area contributed by atoms with Gasteiger partial charge in [0, 0.05) is 6.42 Å². The molecule has 1 unspecified atom stereocenters. The highest BCUT2D eigenvalue weighted by Crippen LogP contribution is 2.00. The minimum absolute atomic E-state index is 0.0253. The van der Waals surface area contributed by atoms with E-state index in [-0.39, 0.29) is 32.3 Å². The number of nitrogens with one attached hydrogen (secondary N) is 1. The molecule has 8 heteroatoms. The summed E-state index contributed by atoms with van der Waals surface area (Å²) in [6.45, 7) is 1.88. The fourth-order valence-corrected chi connectivity index (χ4v) is 1.43. The molecule has 0 aliphatic carbocycles. The van der Waals surface area contributed by atoms with Gasteiger partial charge in [0.25, 0.3) is 0 Å². The molecule has 0 aliphatic heterocycles. The van der Waals surface area contributed by atoms with Crippen molar-refractivity contribution in [3.05, 3.63) is 12.2 Å². The van der Waals surface area contributed by atoms with Crippen molar-refractivity contribution in [1.82, 2.24) is 5.32 Å². The molecular formula is C14H21NO7. The van der Waals surface area contributed by atoms with E-state index in [2.05, 4.69) is 14.8 Å². The van der Waals surface area contributed by atoms with Gasteiger partial charge in [-0.05, 0) is 13.3 Å². The molecule has 0 bridgehead atoms. The lowest BCUT2D eigenvalue weighted by molar-refractivity contribution is -0.145. The van der Waals surface area contributed by atoms with E-state index in [0.29, 0.717) is 0 Å². The van der Waals surface area contributed by atoms with Crippen molar-refractivity contribution in [3.63, 3.8) is 0 Å². The van der Waals surface area contributed by atoms with Crippen LogP contribution in [0.25, 0.3) is 0 Å². The average molecular weight is 315 g/mol. The van der Waals surface area contributed by atoms with Crippen LogP contribution < -0.4 is 5.32 Å². The van der Waals surface area contributed by atoms with Crippen LogP contribution in [0.15, 0.2) is 12.2 Å². The number of ether oxygens (including phenoxy) is 2. The van der Waals surface area contributed by atoms with Gasteiger partial charge in [0.2, 0.25) is 5.91 Å². The third kappa shape index (κ3) is 9.51. The summed E-state index contributed by atoms with van der Waals surface area (Å²) in [5, 5.41) is 11.3. The third-order valence-corrected chi connectivity index (χ3v) is 2.55. The molecule has 0 aromatic heterocycles. The maximum Gasteiger partial charge on any atom is 0.326 e. The second kappa shape index (κ2) is 11.3. The summed E-state index contributed by atoms with van der Waals surface area (Å²) in [6.07, 6.45) is 2.74. The predicted molar refractivity (Wildman–Crippen MR) is 75.8 cm³/mol. The molecule has 0 aromatic carbocycles. The fourth-order valence-electron chi connectivity index (χ4n) is 1.43. The summed E-state index contributed by atoms with van der Waals surface area (Å²) in [4.78, 5) is 44.6. The Hall–Kier alpha value is -2.38. The number of hydrogen-bond acceptors (Lipinski definition) is 6. The number of carbonyl (C=O) groups excluding carboxylic acids is 3. The molecule has 1 amide bonds. The number of aliphatic carboxylic acids is 1. The number of hydrogen-bond donors (Lipinski definition) is 2. The normalized spacial score (nSPS) is 11.7. The van der Waals surface area contributed by atoms with Crippen molar-refractivity contribution < 1.29 is 33.8 Å². The number of methoxy groups -OCH3 is 1. The van der Waals surface area contributed by atoms with E-state index in [1.807, 2.05) is 0 Å². The van der Waals surface area contributed by atoms with Gasteiger partial charge in [0.15, 0.2) is 0 Å². The minimum Gasteiger partial charge on any atom is -0.480 e. The SMILES string of the molecule is CCOC(=O)CCC(=O)NC(CC=CCC(=O)OC)C(=O)O. The maximum absolute atomic E-state index is 11.6. The lowest BCUT2D eigenvalue weighted by atomic mass is 10.1. The molecule has 0 aromatic rings. The number of carboxylic acid groups (broad SMARTS) is 1. The van der Waals surface area contributed by atoms with Crippen LogP contribution >= 0.6 is 0 Å². The van der Waals surface area contributed by atoms with E-state index in [1.54, 1.807) is 6.92 Å². The van der Waals surface area contributed by atoms with Gasteiger partial charge in [0.05, 0.1) is 26.6 Å². The lowest BCUT2D eigenvalue weighted by Crippen LogP contribution is -2.40. The number of carbonyl (C=O) groups is 4. The van der Waals surface area contributed by atoms with Crippen LogP contribution in [0.5, 0.6) is 0 Å². The molecule has 0 saturated heterocycles. The van der Waals surface area contributed by atoms with Crippen molar-refractivity contribution in [2.45, 2.75) is 38.6 Å². The highest BCUT2D eigenvalue weighted by molar-refractivity contribution is 5.85. The molecule has 0 heterocycles. The molecule has 0 saturated carbocycles. The number of rotatable bonds is 10. The van der Waals surface area contributed by atoms with Crippen LogP contribution in [-0.4, -0.2) is 48.7 Å². The maximum atomic E-state index is 11.6. The molecule has 1 atom stereocenters. The van der Waals surface area contributed by atoms with Crippen molar-refractivity contribution in [1.29, 1.82) is 0 Å². The Bertz CT molecular complexity index is 431. The Morgan fingerprint density at radius 3 is 2.36 bits per heavy atom. The molecule has 8 nitrogen and oxygen atoms in total. The van der Waals surface area contributed by atoms with Crippen LogP contribution in [0, 0.1) is 0 Å². The second-order valence-corrected chi connectivity index (χ2v) is 4.25. The van der Waals surface area contributed by atoms with Crippen molar-refractivity contribution in [2.24, 2.45) is 0 Å². The molecule has 0 rings (SSSR count). The fraction of sp³-hybridized carbons (Fsp3) is 0.571. The Labute approximate surface area is 128 Å². The van der Waals surface area contributed by atoms with Crippen molar-refractivity contribution in [2.75, 3.05) is 13.7 Å². The first-order chi connectivity index (χ1) is 10.4. The zero-order chi connectivity index (χ0) is 17.0. The van der Waals surface area contributed by atoms with E-state index in [9.17, 15) is 19.2 Å². The Balaban J connectivity index is 4.23. The second-order valence-electron chi connectivity index (χ2n) is 4.25. The van der Waals surface area contributed by atoms with E-state index < -0.39 is 29.9 Å². The lowest BCUT2D eigenvalue weighted by Gasteiger charge is -2.12. The van der Waals surface area contributed by atoms with Gasteiger partial charge >= 0.3 is 17.9 Å². The molecular weight excluding hydrogens is 294 g/mol.